The van der Waals surface area contributed by atoms with Gasteiger partial charge in [-0.2, -0.15) is 0 Å². The molecule has 1 aliphatic heterocycles. The molecule has 1 N–H and O–H groups in total. The summed E-state index contributed by atoms with van der Waals surface area (Å²) in [6, 6.07) is -0.441. The molecule has 25 heavy (non-hydrogen) atoms. The second kappa shape index (κ2) is 7.80. The SMILES string of the molecule is COC(=O)N1CCCC[C@@H]1C(=O)NCCc1nc(C)c2c(n1)CCC2. The van der Waals surface area contributed by atoms with Gasteiger partial charge in [-0.05, 0) is 51.0 Å². The van der Waals surface area contributed by atoms with Crippen LogP contribution in [0.4, 0.5) is 4.79 Å². The van der Waals surface area contributed by atoms with Gasteiger partial charge in [0.1, 0.15) is 11.9 Å². The second-order valence-corrected chi connectivity index (χ2v) is 6.72. The maximum absolute atomic E-state index is 12.5. The van der Waals surface area contributed by atoms with Crippen LogP contribution in [-0.4, -0.2) is 53.1 Å². The largest absolute Gasteiger partial charge is 0.453 e. The van der Waals surface area contributed by atoms with Crippen LogP contribution in [0.3, 0.4) is 0 Å². The molecule has 3 rings (SSSR count). The van der Waals surface area contributed by atoms with Gasteiger partial charge in [0.25, 0.3) is 0 Å². The van der Waals surface area contributed by atoms with Crippen LogP contribution in [-0.2, 0) is 28.8 Å². The van der Waals surface area contributed by atoms with E-state index in [-0.39, 0.29) is 5.91 Å². The van der Waals surface area contributed by atoms with Crippen LogP contribution in [0.2, 0.25) is 0 Å². The predicted octanol–water partition coefficient (Wildman–Crippen LogP) is 1.55. The van der Waals surface area contributed by atoms with Crippen LogP contribution in [0.15, 0.2) is 0 Å². The molecule has 1 aliphatic carbocycles. The van der Waals surface area contributed by atoms with E-state index in [2.05, 4.69) is 15.3 Å². The number of fused-ring (bicyclic) bond motifs is 1. The molecule has 0 aromatic carbocycles. The lowest BCUT2D eigenvalue weighted by molar-refractivity contribution is -0.126. The fourth-order valence-corrected chi connectivity index (χ4v) is 3.75. The summed E-state index contributed by atoms with van der Waals surface area (Å²) < 4.78 is 4.79. The first-order valence-corrected chi connectivity index (χ1v) is 9.07. The third-order valence-electron chi connectivity index (χ3n) is 5.05. The Bertz CT molecular complexity index is 662. The molecule has 7 nitrogen and oxygen atoms in total. The monoisotopic (exact) mass is 346 g/mol. The van der Waals surface area contributed by atoms with Crippen molar-refractivity contribution in [2.75, 3.05) is 20.2 Å². The molecule has 0 bridgehead atoms. The number of piperidine rings is 1. The number of nitrogens with one attached hydrogen (secondary N) is 1. The maximum Gasteiger partial charge on any atom is 0.410 e. The first-order valence-electron chi connectivity index (χ1n) is 9.07. The van der Waals surface area contributed by atoms with Gasteiger partial charge in [0, 0.05) is 30.9 Å². The summed E-state index contributed by atoms with van der Waals surface area (Å²) in [5, 5.41) is 2.93. The highest BCUT2D eigenvalue weighted by molar-refractivity contribution is 5.85. The molecule has 7 heteroatoms. The van der Waals surface area contributed by atoms with Crippen molar-refractivity contribution in [1.82, 2.24) is 20.2 Å². The molecule has 1 aromatic heterocycles. The number of methoxy groups -OCH3 is 1. The molecule has 2 aliphatic rings. The number of nitrogens with zero attached hydrogens (tertiary/aromatic N) is 3. The molecule has 1 fully saturated rings. The smallest absolute Gasteiger partial charge is 0.410 e. The van der Waals surface area contributed by atoms with Crippen LogP contribution in [0, 0.1) is 6.92 Å². The van der Waals surface area contributed by atoms with E-state index < -0.39 is 12.1 Å². The van der Waals surface area contributed by atoms with Crippen LogP contribution < -0.4 is 5.32 Å². The minimum atomic E-state index is -0.441. The number of ether oxygens (including phenoxy) is 1. The Hall–Kier alpha value is -2.18. The number of carbonyl (C=O) groups excluding carboxylic acids is 2. The molecule has 0 spiro atoms. The normalized spacial score (nSPS) is 19.4. The zero-order valence-electron chi connectivity index (χ0n) is 15.0. The van der Waals surface area contributed by atoms with E-state index in [0.717, 1.165) is 49.3 Å². The quantitative estimate of drug-likeness (QED) is 0.894. The van der Waals surface area contributed by atoms with Crippen LogP contribution >= 0.6 is 0 Å². The topological polar surface area (TPSA) is 84.4 Å². The maximum atomic E-state index is 12.5. The highest BCUT2D eigenvalue weighted by atomic mass is 16.5. The minimum absolute atomic E-state index is 0.122. The molecule has 0 unspecified atom stereocenters. The summed E-state index contributed by atoms with van der Waals surface area (Å²) in [5.41, 5.74) is 3.52. The highest BCUT2D eigenvalue weighted by Gasteiger charge is 2.32. The van der Waals surface area contributed by atoms with E-state index in [1.165, 1.54) is 17.6 Å². The molecule has 1 aromatic rings. The first-order chi connectivity index (χ1) is 12.1. The second-order valence-electron chi connectivity index (χ2n) is 6.72. The number of carbonyl (C=O) groups is 2. The van der Waals surface area contributed by atoms with Crippen molar-refractivity contribution in [3.05, 3.63) is 22.8 Å². The van der Waals surface area contributed by atoms with Crippen molar-refractivity contribution >= 4 is 12.0 Å². The Morgan fingerprint density at radius 2 is 2.08 bits per heavy atom. The van der Waals surface area contributed by atoms with Crippen molar-refractivity contribution < 1.29 is 14.3 Å². The van der Waals surface area contributed by atoms with E-state index in [4.69, 9.17) is 4.74 Å². The standard InChI is InChI=1S/C18H26N4O3/c1-12-13-6-5-7-14(13)21-16(20-12)9-10-19-17(23)15-8-3-4-11-22(15)18(24)25-2/h15H,3-11H2,1-2H3,(H,19,23)/t15-/m1/s1. The highest BCUT2D eigenvalue weighted by Crippen LogP contribution is 2.22. The first kappa shape index (κ1) is 17.6. The van der Waals surface area contributed by atoms with Crippen LogP contribution in [0.25, 0.3) is 0 Å². The number of likely N-dealkylation sites (tertiary alicyclic amines) is 1. The van der Waals surface area contributed by atoms with Crippen LogP contribution in [0.5, 0.6) is 0 Å². The number of aromatic nitrogens is 2. The lowest BCUT2D eigenvalue weighted by atomic mass is 10.0. The third-order valence-corrected chi connectivity index (χ3v) is 5.05. The van der Waals surface area contributed by atoms with E-state index in [1.54, 1.807) is 0 Å². The molecule has 1 saturated heterocycles. The molecule has 2 heterocycles. The Balaban J connectivity index is 1.55. The van der Waals surface area contributed by atoms with Gasteiger partial charge in [-0.25, -0.2) is 14.8 Å². The summed E-state index contributed by atoms with van der Waals surface area (Å²) in [5.74, 6) is 0.662. The fraction of sp³-hybridized carbons (Fsp3) is 0.667. The lowest BCUT2D eigenvalue weighted by Gasteiger charge is -2.33. The van der Waals surface area contributed by atoms with E-state index in [0.29, 0.717) is 25.9 Å². The predicted molar refractivity (Wildman–Crippen MR) is 92.3 cm³/mol. The number of amides is 2. The van der Waals surface area contributed by atoms with Crippen molar-refractivity contribution in [1.29, 1.82) is 0 Å². The van der Waals surface area contributed by atoms with Crippen LogP contribution in [0.1, 0.15) is 48.5 Å². The van der Waals surface area contributed by atoms with Gasteiger partial charge >= 0.3 is 6.09 Å². The molecular weight excluding hydrogens is 320 g/mol. The number of aryl methyl sites for hydroxylation is 2. The van der Waals surface area contributed by atoms with Gasteiger partial charge in [0.15, 0.2) is 0 Å². The Labute approximate surface area is 148 Å². The van der Waals surface area contributed by atoms with Crippen molar-refractivity contribution in [2.45, 2.75) is 57.9 Å². The van der Waals surface area contributed by atoms with Gasteiger partial charge in [0.2, 0.25) is 5.91 Å². The summed E-state index contributed by atoms with van der Waals surface area (Å²) in [4.78, 5) is 35.0. The third kappa shape index (κ3) is 3.91. The molecular formula is C18H26N4O3. The summed E-state index contributed by atoms with van der Waals surface area (Å²) >= 11 is 0. The van der Waals surface area contributed by atoms with Crippen molar-refractivity contribution in [3.63, 3.8) is 0 Å². The summed E-state index contributed by atoms with van der Waals surface area (Å²) in [6.07, 6.45) is 5.94. The molecule has 0 saturated carbocycles. The van der Waals surface area contributed by atoms with Gasteiger partial charge in [-0.3, -0.25) is 9.69 Å². The van der Waals surface area contributed by atoms with E-state index in [9.17, 15) is 9.59 Å². The zero-order valence-corrected chi connectivity index (χ0v) is 15.0. The van der Waals surface area contributed by atoms with Crippen molar-refractivity contribution in [3.8, 4) is 0 Å². The van der Waals surface area contributed by atoms with Gasteiger partial charge in [-0.1, -0.05) is 0 Å². The average molecular weight is 346 g/mol. The fourth-order valence-electron chi connectivity index (χ4n) is 3.75. The van der Waals surface area contributed by atoms with E-state index >= 15 is 0 Å². The number of hydrogen-bond acceptors (Lipinski definition) is 5. The Morgan fingerprint density at radius 3 is 2.88 bits per heavy atom. The molecule has 136 valence electrons. The molecule has 2 amide bonds. The average Bonchev–Trinajstić information content (AvgIpc) is 3.10. The number of hydrogen-bond donors (Lipinski definition) is 1. The van der Waals surface area contributed by atoms with Gasteiger partial charge < -0.3 is 10.1 Å². The van der Waals surface area contributed by atoms with Crippen molar-refractivity contribution in [2.24, 2.45) is 0 Å². The van der Waals surface area contributed by atoms with E-state index in [1.807, 2.05) is 6.92 Å². The zero-order chi connectivity index (χ0) is 17.8. The molecule has 0 radical (unpaired) electrons. The Morgan fingerprint density at radius 1 is 1.24 bits per heavy atom. The van der Waals surface area contributed by atoms with Gasteiger partial charge in [-0.15, -0.1) is 0 Å². The summed E-state index contributed by atoms with van der Waals surface area (Å²) in [7, 11) is 1.35. The Kier molecular flexibility index (Phi) is 5.50. The van der Waals surface area contributed by atoms with Gasteiger partial charge in [0.05, 0.1) is 7.11 Å². The lowest BCUT2D eigenvalue weighted by Crippen LogP contribution is -2.52. The molecule has 1 atom stereocenters. The minimum Gasteiger partial charge on any atom is -0.453 e. The number of rotatable bonds is 4. The summed E-state index contributed by atoms with van der Waals surface area (Å²) in [6.45, 7) is 3.07.